The topological polar surface area (TPSA) is 83.5 Å². The van der Waals surface area contributed by atoms with Gasteiger partial charge in [0.1, 0.15) is 9.09 Å². The van der Waals surface area contributed by atoms with Gasteiger partial charge in [0.05, 0.1) is 15.7 Å². The Kier molecular flexibility index (Phi) is 4.84. The average Bonchev–Trinajstić information content (AvgIpc) is 2.84. The van der Waals surface area contributed by atoms with Gasteiger partial charge in [0.2, 0.25) is 0 Å². The van der Waals surface area contributed by atoms with E-state index >= 15 is 0 Å². The summed E-state index contributed by atoms with van der Waals surface area (Å²) in [6.07, 6.45) is 0. The summed E-state index contributed by atoms with van der Waals surface area (Å²) in [6, 6.07) is 5.40. The summed E-state index contributed by atoms with van der Waals surface area (Å²) in [5.74, 6) is -1.19. The van der Waals surface area contributed by atoms with Crippen LogP contribution in [0.5, 0.6) is 0 Å². The van der Waals surface area contributed by atoms with Crippen LogP contribution in [-0.4, -0.2) is 19.5 Å². The molecule has 10 heteroatoms. The zero-order chi connectivity index (χ0) is 15.8. The molecule has 1 aromatic heterocycles. The minimum Gasteiger partial charge on any atom is -0.477 e. The van der Waals surface area contributed by atoms with E-state index in [0.717, 1.165) is 0 Å². The number of carboxylic acids is 1. The molecule has 1 aromatic carbocycles. The van der Waals surface area contributed by atoms with E-state index in [1.165, 1.54) is 24.3 Å². The number of sulfonamides is 1. The van der Waals surface area contributed by atoms with Crippen molar-refractivity contribution >= 4 is 72.1 Å². The van der Waals surface area contributed by atoms with Gasteiger partial charge < -0.3 is 5.11 Å². The third-order valence-corrected chi connectivity index (χ3v) is 6.27. The molecule has 2 rings (SSSR count). The predicted molar refractivity (Wildman–Crippen MR) is 86.2 cm³/mol. The van der Waals surface area contributed by atoms with Gasteiger partial charge >= 0.3 is 5.97 Å². The zero-order valence-corrected chi connectivity index (χ0v) is 14.7. The number of rotatable bonds is 4. The van der Waals surface area contributed by atoms with E-state index in [1.54, 1.807) is 0 Å². The first-order chi connectivity index (χ1) is 9.70. The molecule has 0 amide bonds. The van der Waals surface area contributed by atoms with Crippen LogP contribution in [0.1, 0.15) is 9.67 Å². The SMILES string of the molecule is O=C(O)c1ccc(S(=O)(=O)Nc2c(Cl)cc(Br)cc2Cl)s1. The number of nitrogens with one attached hydrogen (secondary N) is 1. The Morgan fingerprint density at radius 3 is 2.29 bits per heavy atom. The molecule has 0 saturated heterocycles. The highest BCUT2D eigenvalue weighted by molar-refractivity contribution is 9.10. The van der Waals surface area contributed by atoms with Crippen LogP contribution in [0, 0.1) is 0 Å². The largest absolute Gasteiger partial charge is 0.477 e. The van der Waals surface area contributed by atoms with E-state index in [4.69, 9.17) is 28.3 Å². The van der Waals surface area contributed by atoms with Crippen LogP contribution in [0.25, 0.3) is 0 Å². The molecule has 2 N–H and O–H groups in total. The van der Waals surface area contributed by atoms with Crippen molar-refractivity contribution in [3.8, 4) is 0 Å². The molecule has 1 heterocycles. The number of anilines is 1. The maximum Gasteiger partial charge on any atom is 0.345 e. The minimum atomic E-state index is -3.96. The maximum absolute atomic E-state index is 12.2. The van der Waals surface area contributed by atoms with Crippen LogP contribution in [0.2, 0.25) is 10.0 Å². The monoisotopic (exact) mass is 429 g/mol. The van der Waals surface area contributed by atoms with Crippen molar-refractivity contribution in [3.63, 3.8) is 0 Å². The average molecular weight is 431 g/mol. The zero-order valence-electron chi connectivity index (χ0n) is 9.93. The van der Waals surface area contributed by atoms with E-state index in [2.05, 4.69) is 20.7 Å². The molecule has 5 nitrogen and oxygen atoms in total. The summed E-state index contributed by atoms with van der Waals surface area (Å²) in [6.45, 7) is 0. The second-order valence-corrected chi connectivity index (χ2v) is 8.50. The van der Waals surface area contributed by atoms with E-state index in [1.807, 2.05) is 0 Å². The molecule has 0 aliphatic heterocycles. The number of carboxylic acid groups (broad SMARTS) is 1. The van der Waals surface area contributed by atoms with Gasteiger partial charge in [0.25, 0.3) is 10.0 Å². The molecule has 0 unspecified atom stereocenters. The number of thiophene rings is 1. The summed E-state index contributed by atoms with van der Waals surface area (Å²) in [4.78, 5) is 10.7. The molecule has 0 bridgehead atoms. The van der Waals surface area contributed by atoms with Crippen LogP contribution < -0.4 is 4.72 Å². The lowest BCUT2D eigenvalue weighted by atomic mass is 10.3. The molecule has 0 aliphatic carbocycles. The van der Waals surface area contributed by atoms with Crippen molar-refractivity contribution in [1.29, 1.82) is 0 Å². The van der Waals surface area contributed by atoms with E-state index in [9.17, 15) is 13.2 Å². The van der Waals surface area contributed by atoms with Gasteiger partial charge in [0.15, 0.2) is 0 Å². The lowest BCUT2D eigenvalue weighted by Gasteiger charge is -2.10. The Hall–Kier alpha value is -0.800. The van der Waals surface area contributed by atoms with Crippen LogP contribution in [0.4, 0.5) is 5.69 Å². The first-order valence-corrected chi connectivity index (χ1v) is 9.06. The number of hydrogen-bond acceptors (Lipinski definition) is 4. The maximum atomic E-state index is 12.2. The van der Waals surface area contributed by atoms with E-state index in [-0.39, 0.29) is 24.8 Å². The molecule has 112 valence electrons. The Morgan fingerprint density at radius 1 is 1.24 bits per heavy atom. The van der Waals surface area contributed by atoms with Crippen molar-refractivity contribution in [1.82, 2.24) is 0 Å². The van der Waals surface area contributed by atoms with Gasteiger partial charge in [-0.15, -0.1) is 11.3 Å². The standard InChI is InChI=1S/C11H6BrCl2NO4S2/c12-5-3-6(13)10(7(14)4-5)15-21(18,19)9-2-1-8(20-9)11(16)17/h1-4,15H,(H,16,17). The van der Waals surface area contributed by atoms with E-state index < -0.39 is 16.0 Å². The second kappa shape index (κ2) is 6.13. The molecule has 0 fully saturated rings. The van der Waals surface area contributed by atoms with Gasteiger partial charge in [-0.25, -0.2) is 13.2 Å². The lowest BCUT2D eigenvalue weighted by Crippen LogP contribution is -2.12. The van der Waals surface area contributed by atoms with E-state index in [0.29, 0.717) is 15.8 Å². The van der Waals surface area contributed by atoms with Crippen molar-refractivity contribution in [2.75, 3.05) is 4.72 Å². The smallest absolute Gasteiger partial charge is 0.345 e. The van der Waals surface area contributed by atoms with Crippen molar-refractivity contribution in [2.45, 2.75) is 4.21 Å². The Balaban J connectivity index is 2.40. The van der Waals surface area contributed by atoms with Gasteiger partial charge in [0, 0.05) is 4.47 Å². The van der Waals surface area contributed by atoms with Gasteiger partial charge in [-0.3, -0.25) is 4.72 Å². The van der Waals surface area contributed by atoms with Crippen LogP contribution >= 0.6 is 50.5 Å². The quantitative estimate of drug-likeness (QED) is 0.756. The van der Waals surface area contributed by atoms with Crippen LogP contribution in [-0.2, 0) is 10.0 Å². The van der Waals surface area contributed by atoms with Crippen molar-refractivity contribution in [2.24, 2.45) is 0 Å². The molecule has 0 saturated carbocycles. The number of hydrogen-bond donors (Lipinski definition) is 2. The summed E-state index contributed by atoms with van der Waals surface area (Å²) >= 11 is 15.7. The highest BCUT2D eigenvalue weighted by Crippen LogP contribution is 2.36. The third-order valence-electron chi connectivity index (χ3n) is 2.30. The Labute approximate surface area is 142 Å². The highest BCUT2D eigenvalue weighted by Gasteiger charge is 2.21. The lowest BCUT2D eigenvalue weighted by molar-refractivity contribution is 0.0702. The molecule has 21 heavy (non-hydrogen) atoms. The first kappa shape index (κ1) is 16.6. The number of aromatic carboxylic acids is 1. The second-order valence-electron chi connectivity index (χ2n) is 3.77. The van der Waals surface area contributed by atoms with Gasteiger partial charge in [-0.1, -0.05) is 39.1 Å². The summed E-state index contributed by atoms with van der Waals surface area (Å²) in [7, 11) is -3.96. The number of halogens is 3. The fourth-order valence-corrected chi connectivity index (χ4v) is 5.06. The van der Waals surface area contributed by atoms with Crippen molar-refractivity contribution in [3.05, 3.63) is 43.7 Å². The third kappa shape index (κ3) is 3.70. The molecular formula is C11H6BrCl2NO4S2. The highest BCUT2D eigenvalue weighted by atomic mass is 79.9. The summed E-state index contributed by atoms with van der Waals surface area (Å²) in [5.41, 5.74) is 0.0341. The summed E-state index contributed by atoms with van der Waals surface area (Å²) < 4.78 is 27.1. The molecule has 0 atom stereocenters. The normalized spacial score (nSPS) is 11.4. The molecular weight excluding hydrogens is 425 g/mol. The minimum absolute atomic E-state index is 0.0341. The number of benzene rings is 1. The fourth-order valence-electron chi connectivity index (χ4n) is 1.40. The number of carbonyl (C=O) groups is 1. The Morgan fingerprint density at radius 2 is 1.81 bits per heavy atom. The van der Waals surface area contributed by atoms with Crippen molar-refractivity contribution < 1.29 is 18.3 Å². The van der Waals surface area contributed by atoms with Gasteiger partial charge in [-0.05, 0) is 24.3 Å². The van der Waals surface area contributed by atoms with Gasteiger partial charge in [-0.2, -0.15) is 0 Å². The van der Waals surface area contributed by atoms with Crippen LogP contribution in [0.15, 0.2) is 32.9 Å². The molecule has 0 radical (unpaired) electrons. The predicted octanol–water partition coefficient (Wildman–Crippen LogP) is 4.32. The fraction of sp³-hybridized carbons (Fsp3) is 0. The molecule has 0 aliphatic rings. The molecule has 0 spiro atoms. The summed E-state index contributed by atoms with van der Waals surface area (Å²) in [5, 5.41) is 9.06. The molecule has 2 aromatic rings. The first-order valence-electron chi connectivity index (χ1n) is 5.21. The Bertz CT molecular complexity index is 796. The van der Waals surface area contributed by atoms with Crippen LogP contribution in [0.3, 0.4) is 0 Å².